The molecule has 0 spiro atoms. The molecule has 0 saturated carbocycles. The van der Waals surface area contributed by atoms with E-state index in [9.17, 15) is 13.2 Å². The zero-order valence-corrected chi connectivity index (χ0v) is 9.42. The van der Waals surface area contributed by atoms with Crippen LogP contribution >= 0.6 is 0 Å². The molecule has 4 nitrogen and oxygen atoms in total. The minimum Gasteiger partial charge on any atom is -0.486 e. The fourth-order valence-corrected chi connectivity index (χ4v) is 1.78. The SMILES string of the molecule is NOCCc1ccc(C(F)(F)F)c2c1OCCO2. The zero-order chi connectivity index (χ0) is 13.2. The van der Waals surface area contributed by atoms with Crippen LogP contribution in [0.4, 0.5) is 13.2 Å². The van der Waals surface area contributed by atoms with Crippen molar-refractivity contribution in [2.75, 3.05) is 19.8 Å². The third kappa shape index (κ3) is 2.51. The zero-order valence-electron chi connectivity index (χ0n) is 9.42. The third-order valence-electron chi connectivity index (χ3n) is 2.56. The third-order valence-corrected chi connectivity index (χ3v) is 2.56. The van der Waals surface area contributed by atoms with Crippen LogP contribution in [0.3, 0.4) is 0 Å². The summed E-state index contributed by atoms with van der Waals surface area (Å²) in [6.45, 7) is 0.527. The normalized spacial score (nSPS) is 14.7. The van der Waals surface area contributed by atoms with Gasteiger partial charge in [-0.3, -0.25) is 0 Å². The Morgan fingerprint density at radius 1 is 1.17 bits per heavy atom. The van der Waals surface area contributed by atoms with Gasteiger partial charge in [0.05, 0.1) is 6.61 Å². The summed E-state index contributed by atoms with van der Waals surface area (Å²) in [6, 6.07) is 2.34. The Bertz CT molecular complexity index is 434. The van der Waals surface area contributed by atoms with Crippen molar-refractivity contribution in [1.29, 1.82) is 0 Å². The Morgan fingerprint density at radius 3 is 2.44 bits per heavy atom. The predicted molar refractivity (Wildman–Crippen MR) is 56.3 cm³/mol. The highest BCUT2D eigenvalue weighted by Gasteiger charge is 2.37. The summed E-state index contributed by atoms with van der Waals surface area (Å²) in [4.78, 5) is 4.42. The van der Waals surface area contributed by atoms with Gasteiger partial charge in [0.1, 0.15) is 18.8 Å². The van der Waals surface area contributed by atoms with E-state index < -0.39 is 11.7 Å². The molecule has 0 radical (unpaired) electrons. The molecule has 7 heteroatoms. The first-order valence-corrected chi connectivity index (χ1v) is 5.34. The quantitative estimate of drug-likeness (QED) is 0.846. The topological polar surface area (TPSA) is 53.7 Å². The Balaban J connectivity index is 2.42. The summed E-state index contributed by atoms with van der Waals surface area (Å²) < 4.78 is 48.7. The number of fused-ring (bicyclic) bond motifs is 1. The first-order chi connectivity index (χ1) is 8.54. The van der Waals surface area contributed by atoms with Gasteiger partial charge < -0.3 is 14.3 Å². The Labute approximate surface area is 101 Å². The van der Waals surface area contributed by atoms with Crippen molar-refractivity contribution < 1.29 is 27.5 Å². The summed E-state index contributed by atoms with van der Waals surface area (Å²) in [5, 5.41) is 0. The van der Waals surface area contributed by atoms with E-state index in [1.54, 1.807) is 0 Å². The molecule has 2 N–H and O–H groups in total. The smallest absolute Gasteiger partial charge is 0.420 e. The van der Waals surface area contributed by atoms with Crippen molar-refractivity contribution >= 4 is 0 Å². The van der Waals surface area contributed by atoms with Gasteiger partial charge in [0, 0.05) is 12.0 Å². The fraction of sp³-hybridized carbons (Fsp3) is 0.455. The average molecular weight is 263 g/mol. The number of hydrogen-bond acceptors (Lipinski definition) is 4. The second-order valence-electron chi connectivity index (χ2n) is 3.75. The van der Waals surface area contributed by atoms with E-state index in [0.717, 1.165) is 6.07 Å². The molecule has 0 saturated heterocycles. The Morgan fingerprint density at radius 2 is 1.83 bits per heavy atom. The lowest BCUT2D eigenvalue weighted by atomic mass is 10.1. The largest absolute Gasteiger partial charge is 0.486 e. The van der Waals surface area contributed by atoms with E-state index >= 15 is 0 Å². The van der Waals surface area contributed by atoms with Crippen molar-refractivity contribution in [1.82, 2.24) is 0 Å². The van der Waals surface area contributed by atoms with Crippen molar-refractivity contribution in [3.63, 3.8) is 0 Å². The highest BCUT2D eigenvalue weighted by atomic mass is 19.4. The van der Waals surface area contributed by atoms with Gasteiger partial charge >= 0.3 is 6.18 Å². The van der Waals surface area contributed by atoms with Gasteiger partial charge in [0.15, 0.2) is 11.5 Å². The molecule has 1 aromatic carbocycles. The lowest BCUT2D eigenvalue weighted by Gasteiger charge is -2.24. The highest BCUT2D eigenvalue weighted by molar-refractivity contribution is 5.54. The van der Waals surface area contributed by atoms with Crippen LogP contribution in [0.15, 0.2) is 12.1 Å². The van der Waals surface area contributed by atoms with Crippen LogP contribution in [0.1, 0.15) is 11.1 Å². The van der Waals surface area contributed by atoms with Gasteiger partial charge in [-0.25, -0.2) is 5.90 Å². The molecular weight excluding hydrogens is 251 g/mol. The van der Waals surface area contributed by atoms with E-state index in [1.165, 1.54) is 6.07 Å². The molecular formula is C11H12F3NO3. The predicted octanol–water partition coefficient (Wildman–Crippen LogP) is 1.91. The first-order valence-electron chi connectivity index (χ1n) is 5.34. The van der Waals surface area contributed by atoms with Crippen molar-refractivity contribution in [3.8, 4) is 11.5 Å². The molecule has 2 rings (SSSR count). The second kappa shape index (κ2) is 5.03. The number of nitrogens with two attached hydrogens (primary N) is 1. The van der Waals surface area contributed by atoms with Crippen molar-refractivity contribution in [2.24, 2.45) is 5.90 Å². The minimum atomic E-state index is -4.46. The number of halogens is 3. The fourth-order valence-electron chi connectivity index (χ4n) is 1.78. The molecule has 1 heterocycles. The molecule has 0 atom stereocenters. The molecule has 0 aromatic heterocycles. The summed E-state index contributed by atoms with van der Waals surface area (Å²) in [5.41, 5.74) is -0.238. The van der Waals surface area contributed by atoms with Gasteiger partial charge in [-0.15, -0.1) is 0 Å². The van der Waals surface area contributed by atoms with Crippen LogP contribution in [0.2, 0.25) is 0 Å². The first kappa shape index (κ1) is 13.0. The lowest BCUT2D eigenvalue weighted by molar-refractivity contribution is -0.139. The van der Waals surface area contributed by atoms with Crippen LogP contribution in [0.5, 0.6) is 11.5 Å². The van der Waals surface area contributed by atoms with Crippen LogP contribution in [-0.4, -0.2) is 19.8 Å². The summed E-state index contributed by atoms with van der Waals surface area (Å²) >= 11 is 0. The van der Waals surface area contributed by atoms with Crippen molar-refractivity contribution in [2.45, 2.75) is 12.6 Å². The molecule has 0 unspecified atom stereocenters. The number of hydrogen-bond donors (Lipinski definition) is 1. The van der Waals surface area contributed by atoms with E-state index in [0.29, 0.717) is 12.0 Å². The van der Waals surface area contributed by atoms with Crippen LogP contribution in [0.25, 0.3) is 0 Å². The molecule has 0 fully saturated rings. The van der Waals surface area contributed by atoms with Crippen molar-refractivity contribution in [3.05, 3.63) is 23.3 Å². The van der Waals surface area contributed by atoms with Gasteiger partial charge in [0.25, 0.3) is 0 Å². The molecule has 0 amide bonds. The maximum Gasteiger partial charge on any atom is 0.420 e. The average Bonchev–Trinajstić information content (AvgIpc) is 2.34. The minimum absolute atomic E-state index is 0.104. The molecule has 1 aliphatic heterocycles. The van der Waals surface area contributed by atoms with E-state index in [1.807, 2.05) is 0 Å². The van der Waals surface area contributed by atoms with Gasteiger partial charge in [-0.05, 0) is 6.07 Å². The summed E-state index contributed by atoms with van der Waals surface area (Å²) in [7, 11) is 0. The van der Waals surface area contributed by atoms with E-state index in [-0.39, 0.29) is 31.3 Å². The summed E-state index contributed by atoms with van der Waals surface area (Å²) in [6.07, 6.45) is -4.10. The molecule has 1 aliphatic rings. The maximum atomic E-state index is 12.8. The van der Waals surface area contributed by atoms with Crippen LogP contribution in [-0.2, 0) is 17.4 Å². The van der Waals surface area contributed by atoms with Crippen LogP contribution in [0, 0.1) is 0 Å². The van der Waals surface area contributed by atoms with E-state index in [2.05, 4.69) is 4.84 Å². The molecule has 0 bridgehead atoms. The maximum absolute atomic E-state index is 12.8. The Kier molecular flexibility index (Phi) is 3.63. The molecule has 1 aromatic rings. The van der Waals surface area contributed by atoms with Gasteiger partial charge in [0.2, 0.25) is 0 Å². The standard InChI is InChI=1S/C11H12F3NO3/c12-11(13,14)8-2-1-7(3-4-18-15)9-10(8)17-6-5-16-9/h1-2H,3-6,15H2. The second-order valence-corrected chi connectivity index (χ2v) is 3.75. The number of benzene rings is 1. The van der Waals surface area contributed by atoms with E-state index in [4.69, 9.17) is 15.4 Å². The Hall–Kier alpha value is -1.47. The number of ether oxygens (including phenoxy) is 2. The molecule has 18 heavy (non-hydrogen) atoms. The molecule has 0 aliphatic carbocycles. The highest BCUT2D eigenvalue weighted by Crippen LogP contribution is 2.44. The van der Waals surface area contributed by atoms with Crippen LogP contribution < -0.4 is 15.4 Å². The number of alkyl halides is 3. The molecule has 100 valence electrons. The lowest BCUT2D eigenvalue weighted by Crippen LogP contribution is -2.20. The van der Waals surface area contributed by atoms with Gasteiger partial charge in [-0.2, -0.15) is 13.2 Å². The summed E-state index contributed by atoms with van der Waals surface area (Å²) in [5.74, 6) is 4.79. The van der Waals surface area contributed by atoms with Gasteiger partial charge in [-0.1, -0.05) is 6.07 Å². The monoisotopic (exact) mass is 263 g/mol. The number of rotatable bonds is 3.